The zero-order valence-electron chi connectivity index (χ0n) is 16.6. The lowest BCUT2D eigenvalue weighted by molar-refractivity contribution is -0.121. The molecular weight excluding hydrogens is 469 g/mol. The molecule has 0 aromatic carbocycles. The Morgan fingerprint density at radius 2 is 2.23 bits per heavy atom. The van der Waals surface area contributed by atoms with Gasteiger partial charge in [-0.05, 0) is 25.2 Å². The molecule has 1 aliphatic rings. The van der Waals surface area contributed by atoms with Crippen molar-refractivity contribution in [2.45, 2.75) is 44.1 Å². The molecule has 14 heteroatoms. The third-order valence-corrected chi connectivity index (χ3v) is 5.50. The summed E-state index contributed by atoms with van der Waals surface area (Å²) in [4.78, 5) is 37.6. The van der Waals surface area contributed by atoms with E-state index in [1.165, 1.54) is 5.37 Å². The van der Waals surface area contributed by atoms with Crippen LogP contribution in [0.15, 0.2) is 25.9 Å². The molecule has 0 spiro atoms. The Kier molecular flexibility index (Phi) is 9.01. The van der Waals surface area contributed by atoms with Crippen LogP contribution in [0.2, 0.25) is 0 Å². The molecule has 0 fully saturated rings. The van der Waals surface area contributed by atoms with E-state index in [1.807, 2.05) is 6.92 Å². The molecule has 2 rings (SSSR count). The van der Waals surface area contributed by atoms with Gasteiger partial charge in [0.15, 0.2) is 5.69 Å². The number of nitrogens with two attached hydrogens (primary N) is 2. The van der Waals surface area contributed by atoms with Crippen LogP contribution in [0.1, 0.15) is 36.7 Å². The van der Waals surface area contributed by atoms with Gasteiger partial charge in [-0.2, -0.15) is 5.11 Å². The number of carbonyl (C=O) groups excluding carboxylic acids is 2. The highest BCUT2D eigenvalue weighted by molar-refractivity contribution is 7.79. The Morgan fingerprint density at radius 3 is 2.81 bits per heavy atom. The Balaban J connectivity index is 2.01. The molecule has 1 aliphatic carbocycles. The van der Waals surface area contributed by atoms with E-state index in [-0.39, 0.29) is 17.4 Å². The predicted molar refractivity (Wildman–Crippen MR) is 120 cm³/mol. The molecular formula is C17H23Cl2N7O4S. The number of hydrogen-bond donors (Lipinski definition) is 4. The van der Waals surface area contributed by atoms with Gasteiger partial charge < -0.3 is 16.2 Å². The van der Waals surface area contributed by atoms with Crippen molar-refractivity contribution in [2.24, 2.45) is 22.0 Å². The number of thiocarbonyl (C=S) groups is 1. The Labute approximate surface area is 193 Å². The number of aromatic amines is 1. The van der Waals surface area contributed by atoms with E-state index < -0.39 is 35.5 Å². The van der Waals surface area contributed by atoms with E-state index in [1.54, 1.807) is 0 Å². The Morgan fingerprint density at radius 1 is 1.52 bits per heavy atom. The molecule has 3 unspecified atom stereocenters. The van der Waals surface area contributed by atoms with Gasteiger partial charge in [0.05, 0.1) is 17.0 Å². The van der Waals surface area contributed by atoms with Crippen molar-refractivity contribution < 1.29 is 14.3 Å². The molecule has 6 N–H and O–H groups in total. The number of H-pyrrole nitrogens is 1. The number of primary amides is 1. The topological polar surface area (TPSA) is 170 Å². The summed E-state index contributed by atoms with van der Waals surface area (Å²) >= 11 is 17.8. The minimum Gasteiger partial charge on any atom is -0.495 e. The smallest absolute Gasteiger partial charge is 0.328 e. The number of imidazole rings is 1. The second-order valence-electron chi connectivity index (χ2n) is 6.81. The largest absolute Gasteiger partial charge is 0.495 e. The van der Waals surface area contributed by atoms with Crippen molar-refractivity contribution in [3.63, 3.8) is 0 Å². The lowest BCUT2D eigenvalue weighted by Gasteiger charge is -2.29. The highest BCUT2D eigenvalue weighted by Crippen LogP contribution is 2.37. The maximum Gasteiger partial charge on any atom is 0.328 e. The zero-order valence-corrected chi connectivity index (χ0v) is 19.0. The van der Waals surface area contributed by atoms with Gasteiger partial charge in [-0.1, -0.05) is 36.0 Å². The summed E-state index contributed by atoms with van der Waals surface area (Å²) in [6, 6.07) is -0.537. The first-order valence-corrected chi connectivity index (χ1v) is 10.7. The SMILES string of the molecule is CCCOC1=C(Cl)CC(C(C=S)N=NNC(=O)Cn2c(C(N)=O)c(N)[nH]c2=O)CC1Cl. The molecule has 1 aromatic heterocycles. The molecule has 0 radical (unpaired) electrons. The summed E-state index contributed by atoms with van der Waals surface area (Å²) in [6.45, 7) is 1.97. The molecule has 1 aromatic rings. The van der Waals surface area contributed by atoms with Gasteiger partial charge in [-0.3, -0.25) is 19.1 Å². The first-order chi connectivity index (χ1) is 14.7. The molecule has 11 nitrogen and oxygen atoms in total. The number of hydrogen-bond acceptors (Lipinski definition) is 8. The molecule has 1 heterocycles. The monoisotopic (exact) mass is 491 g/mol. The summed E-state index contributed by atoms with van der Waals surface area (Å²) in [7, 11) is 0. The summed E-state index contributed by atoms with van der Waals surface area (Å²) in [5.41, 5.74) is 11.8. The summed E-state index contributed by atoms with van der Waals surface area (Å²) < 4.78 is 6.43. The average Bonchev–Trinajstić information content (AvgIpc) is 2.97. The van der Waals surface area contributed by atoms with E-state index in [9.17, 15) is 14.4 Å². The molecule has 31 heavy (non-hydrogen) atoms. The third-order valence-electron chi connectivity index (χ3n) is 4.50. The van der Waals surface area contributed by atoms with Gasteiger partial charge in [0.25, 0.3) is 11.8 Å². The van der Waals surface area contributed by atoms with Gasteiger partial charge in [0.1, 0.15) is 24.2 Å². The van der Waals surface area contributed by atoms with Crippen LogP contribution in [-0.4, -0.2) is 44.8 Å². The number of nitrogens with one attached hydrogen (secondary N) is 2. The van der Waals surface area contributed by atoms with Crippen LogP contribution in [0, 0.1) is 5.92 Å². The molecule has 0 saturated carbocycles. The van der Waals surface area contributed by atoms with Crippen molar-refractivity contribution in [2.75, 3.05) is 12.3 Å². The first-order valence-electron chi connectivity index (χ1n) is 9.36. The maximum atomic E-state index is 12.1. The minimum atomic E-state index is -0.953. The molecule has 0 saturated heterocycles. The van der Waals surface area contributed by atoms with E-state index in [4.69, 9.17) is 51.6 Å². The second kappa shape index (κ2) is 11.3. The molecule has 0 bridgehead atoms. The number of amides is 2. The van der Waals surface area contributed by atoms with Crippen molar-refractivity contribution in [1.29, 1.82) is 0 Å². The molecule has 0 aliphatic heterocycles. The third kappa shape index (κ3) is 6.28. The van der Waals surface area contributed by atoms with Crippen LogP contribution in [0.3, 0.4) is 0 Å². The molecule has 170 valence electrons. The van der Waals surface area contributed by atoms with E-state index >= 15 is 0 Å². The van der Waals surface area contributed by atoms with Crippen LogP contribution >= 0.6 is 35.4 Å². The molecule has 3 atom stereocenters. The number of nitrogens with zero attached hydrogens (tertiary/aromatic N) is 3. The quantitative estimate of drug-likeness (QED) is 0.167. The normalized spacial score (nSPS) is 20.0. The van der Waals surface area contributed by atoms with Crippen molar-refractivity contribution in [3.8, 4) is 0 Å². The highest BCUT2D eigenvalue weighted by Gasteiger charge is 2.33. The number of aromatic nitrogens is 2. The number of alkyl halides is 1. The van der Waals surface area contributed by atoms with E-state index in [0.717, 1.165) is 11.0 Å². The molecule has 2 amide bonds. The summed E-state index contributed by atoms with van der Waals surface area (Å²) in [5, 5.41) is 9.20. The van der Waals surface area contributed by atoms with Crippen LogP contribution in [-0.2, 0) is 16.1 Å². The Hall–Kier alpha value is -2.44. The number of carbonyl (C=O) groups is 2. The number of nitrogen functional groups attached to an aromatic ring is 1. The fraction of sp³-hybridized carbons (Fsp3) is 0.529. The van der Waals surface area contributed by atoms with Gasteiger partial charge >= 0.3 is 5.69 Å². The Bertz CT molecular complexity index is 959. The fourth-order valence-corrected chi connectivity index (χ4v) is 4.21. The highest BCUT2D eigenvalue weighted by atomic mass is 35.5. The van der Waals surface area contributed by atoms with Crippen LogP contribution in [0.4, 0.5) is 5.82 Å². The van der Waals surface area contributed by atoms with Crippen LogP contribution < -0.4 is 22.6 Å². The second-order valence-corrected chi connectivity index (χ2v) is 8.06. The number of allylic oxidation sites excluding steroid dienone is 2. The van der Waals surface area contributed by atoms with Crippen LogP contribution in [0.25, 0.3) is 0 Å². The average molecular weight is 492 g/mol. The van der Waals surface area contributed by atoms with Gasteiger partial charge in [-0.25, -0.2) is 10.2 Å². The van der Waals surface area contributed by atoms with Crippen molar-refractivity contribution in [1.82, 2.24) is 15.0 Å². The number of halogens is 2. The number of rotatable bonds is 10. The number of ether oxygens (including phenoxy) is 1. The summed E-state index contributed by atoms with van der Waals surface area (Å²) in [6.07, 6.45) is 1.80. The van der Waals surface area contributed by atoms with Crippen molar-refractivity contribution >= 4 is 58.4 Å². The van der Waals surface area contributed by atoms with Crippen LogP contribution in [0.5, 0.6) is 0 Å². The predicted octanol–water partition coefficient (Wildman–Crippen LogP) is 1.60. The van der Waals surface area contributed by atoms with Crippen molar-refractivity contribution in [3.05, 3.63) is 27.0 Å². The lowest BCUT2D eigenvalue weighted by Crippen LogP contribution is -2.32. The van der Waals surface area contributed by atoms with Gasteiger partial charge in [-0.15, -0.1) is 11.6 Å². The lowest BCUT2D eigenvalue weighted by atomic mass is 9.87. The number of anilines is 1. The van der Waals surface area contributed by atoms with E-state index in [0.29, 0.717) is 30.2 Å². The minimum absolute atomic E-state index is 0.129. The first kappa shape index (κ1) is 24.8. The van der Waals surface area contributed by atoms with Gasteiger partial charge in [0, 0.05) is 5.37 Å². The fourth-order valence-electron chi connectivity index (χ4n) is 3.07. The summed E-state index contributed by atoms with van der Waals surface area (Å²) in [5.74, 6) is -1.46. The zero-order chi connectivity index (χ0) is 23.1. The van der Waals surface area contributed by atoms with E-state index in [2.05, 4.69) is 20.7 Å². The van der Waals surface area contributed by atoms with Gasteiger partial charge in [0.2, 0.25) is 0 Å². The standard InChI is InChI=1S/C17H23Cl2N7O4S/c1-2-3-30-14-9(18)4-8(5-10(14)19)11(7-31)23-25-24-12(27)6-26-13(16(21)28)15(20)22-17(26)29/h7-9,11H,2-6,20H2,1H3,(H2,21,28)(H,22,29)(H,23,24,27). The maximum absolute atomic E-state index is 12.1.